The SMILES string of the molecule is CCOC(=O)c1sc(NC(=O)[C@@H]2[C@@H]3CC[C@@H](C3)[C@@H]2C(=O)O)c(C(N)=O)c1C. The third-order valence-corrected chi connectivity index (χ3v) is 6.78. The lowest BCUT2D eigenvalue weighted by atomic mass is 9.79. The Morgan fingerprint density at radius 3 is 2.41 bits per heavy atom. The Bertz CT molecular complexity index is 817. The number of carbonyl (C=O) groups is 4. The Kier molecular flexibility index (Phi) is 5.23. The molecule has 2 fully saturated rings. The minimum absolute atomic E-state index is 0.0130. The van der Waals surface area contributed by atoms with E-state index in [4.69, 9.17) is 10.5 Å². The third-order valence-electron chi connectivity index (χ3n) is 5.60. The van der Waals surface area contributed by atoms with Crippen LogP contribution in [0.3, 0.4) is 0 Å². The van der Waals surface area contributed by atoms with Gasteiger partial charge in [0.25, 0.3) is 5.91 Å². The van der Waals surface area contributed by atoms with Crippen molar-refractivity contribution in [3.05, 3.63) is 16.0 Å². The first-order valence-corrected chi connectivity index (χ1v) is 9.71. The van der Waals surface area contributed by atoms with Gasteiger partial charge in [-0.15, -0.1) is 11.3 Å². The van der Waals surface area contributed by atoms with Crippen molar-refractivity contribution in [1.29, 1.82) is 0 Å². The molecule has 2 bridgehead atoms. The van der Waals surface area contributed by atoms with E-state index in [1.54, 1.807) is 13.8 Å². The van der Waals surface area contributed by atoms with Gasteiger partial charge in [0.1, 0.15) is 9.88 Å². The van der Waals surface area contributed by atoms with E-state index in [1.807, 2.05) is 0 Å². The van der Waals surface area contributed by atoms with Gasteiger partial charge in [-0.2, -0.15) is 0 Å². The van der Waals surface area contributed by atoms with Crippen molar-refractivity contribution < 1.29 is 29.0 Å². The minimum atomic E-state index is -0.966. The maximum absolute atomic E-state index is 12.9. The van der Waals surface area contributed by atoms with Gasteiger partial charge in [-0.3, -0.25) is 14.4 Å². The number of fused-ring (bicyclic) bond motifs is 2. The fourth-order valence-corrected chi connectivity index (χ4v) is 5.62. The van der Waals surface area contributed by atoms with Gasteiger partial charge >= 0.3 is 11.9 Å². The smallest absolute Gasteiger partial charge is 0.348 e. The number of rotatable bonds is 6. The number of amides is 2. The van der Waals surface area contributed by atoms with E-state index >= 15 is 0 Å². The lowest BCUT2D eigenvalue weighted by Gasteiger charge is -2.26. The number of aliphatic carboxylic acids is 1. The number of nitrogens with two attached hydrogens (primary N) is 1. The molecule has 0 radical (unpaired) electrons. The van der Waals surface area contributed by atoms with E-state index in [1.165, 1.54) is 0 Å². The van der Waals surface area contributed by atoms with Crippen LogP contribution in [0.4, 0.5) is 5.00 Å². The minimum Gasteiger partial charge on any atom is -0.481 e. The van der Waals surface area contributed by atoms with Gasteiger partial charge in [0.05, 0.1) is 24.0 Å². The van der Waals surface area contributed by atoms with Crippen LogP contribution in [0.2, 0.25) is 0 Å². The van der Waals surface area contributed by atoms with Crippen LogP contribution in [0.25, 0.3) is 0 Å². The molecule has 0 aliphatic heterocycles. The van der Waals surface area contributed by atoms with Crippen LogP contribution in [-0.2, 0) is 14.3 Å². The van der Waals surface area contributed by atoms with E-state index in [-0.39, 0.29) is 33.9 Å². The number of nitrogens with one attached hydrogen (secondary N) is 1. The summed E-state index contributed by atoms with van der Waals surface area (Å²) in [6, 6.07) is 0. The highest BCUT2D eigenvalue weighted by Gasteiger charge is 2.54. The van der Waals surface area contributed by atoms with Crippen LogP contribution in [-0.4, -0.2) is 35.5 Å². The van der Waals surface area contributed by atoms with Crippen LogP contribution >= 0.6 is 11.3 Å². The Labute approximate surface area is 160 Å². The molecular formula is C18H22N2O6S. The lowest BCUT2D eigenvalue weighted by molar-refractivity contribution is -0.148. The summed E-state index contributed by atoms with van der Waals surface area (Å²) in [6.07, 6.45) is 2.38. The molecule has 1 aromatic rings. The van der Waals surface area contributed by atoms with Crippen molar-refractivity contribution >= 4 is 40.1 Å². The van der Waals surface area contributed by atoms with E-state index < -0.39 is 35.6 Å². The van der Waals surface area contributed by atoms with Gasteiger partial charge in [-0.1, -0.05) is 0 Å². The maximum atomic E-state index is 12.9. The second kappa shape index (κ2) is 7.30. The Hall–Kier alpha value is -2.42. The average molecular weight is 394 g/mol. The molecule has 4 N–H and O–H groups in total. The van der Waals surface area contributed by atoms with Crippen LogP contribution in [0.1, 0.15) is 51.8 Å². The maximum Gasteiger partial charge on any atom is 0.348 e. The molecule has 2 aliphatic carbocycles. The van der Waals surface area contributed by atoms with Crippen molar-refractivity contribution in [1.82, 2.24) is 0 Å². The Morgan fingerprint density at radius 2 is 1.85 bits per heavy atom. The summed E-state index contributed by atoms with van der Waals surface area (Å²) in [5, 5.41) is 12.4. The largest absolute Gasteiger partial charge is 0.481 e. The normalized spacial score (nSPS) is 26.0. The topological polar surface area (TPSA) is 136 Å². The van der Waals surface area contributed by atoms with E-state index in [2.05, 4.69) is 5.32 Å². The average Bonchev–Trinajstić information content (AvgIpc) is 3.27. The zero-order valence-corrected chi connectivity index (χ0v) is 15.9. The Morgan fingerprint density at radius 1 is 1.22 bits per heavy atom. The number of esters is 1. The highest BCUT2D eigenvalue weighted by atomic mass is 32.1. The molecule has 27 heavy (non-hydrogen) atoms. The molecule has 2 amide bonds. The van der Waals surface area contributed by atoms with Crippen molar-refractivity contribution in [2.75, 3.05) is 11.9 Å². The Balaban J connectivity index is 1.89. The molecule has 9 heteroatoms. The molecule has 0 saturated heterocycles. The highest BCUT2D eigenvalue weighted by Crippen LogP contribution is 2.53. The predicted molar refractivity (Wildman–Crippen MR) is 97.6 cm³/mol. The number of ether oxygens (including phenoxy) is 1. The second-order valence-corrected chi connectivity index (χ2v) is 8.08. The number of carboxylic acids is 1. The lowest BCUT2D eigenvalue weighted by Crippen LogP contribution is -2.38. The number of anilines is 1. The van der Waals surface area contributed by atoms with Crippen molar-refractivity contribution in [3.8, 4) is 0 Å². The standard InChI is InChI=1S/C18H22N2O6S/c1-3-26-18(25)13-7(2)10(14(19)21)16(27-13)20-15(22)11-8-4-5-9(6-8)12(11)17(23)24/h8-9,11-12H,3-6H2,1-2H3,(H2,19,21)(H,20,22)(H,23,24)/t8-,9+,11-,12+/m1/s1. The molecule has 2 aliphatic rings. The molecule has 1 heterocycles. The van der Waals surface area contributed by atoms with Crippen LogP contribution in [0, 0.1) is 30.6 Å². The second-order valence-electron chi connectivity index (χ2n) is 7.06. The summed E-state index contributed by atoms with van der Waals surface area (Å²) in [4.78, 5) is 48.7. The molecule has 4 atom stereocenters. The van der Waals surface area contributed by atoms with Gasteiger partial charge in [-0.25, -0.2) is 4.79 Å². The van der Waals surface area contributed by atoms with Crippen molar-refractivity contribution in [2.24, 2.45) is 29.4 Å². The first-order valence-electron chi connectivity index (χ1n) is 8.90. The summed E-state index contributed by atoms with van der Waals surface area (Å²) in [5.74, 6) is -4.08. The fraction of sp³-hybridized carbons (Fsp3) is 0.556. The first-order chi connectivity index (χ1) is 12.8. The van der Waals surface area contributed by atoms with E-state index in [0.29, 0.717) is 5.56 Å². The van der Waals surface area contributed by atoms with Gasteiger partial charge in [-0.05, 0) is 50.5 Å². The van der Waals surface area contributed by atoms with Crippen LogP contribution in [0.15, 0.2) is 0 Å². The summed E-state index contributed by atoms with van der Waals surface area (Å²) >= 11 is 0.925. The molecule has 3 rings (SSSR count). The molecule has 0 aromatic carbocycles. The zero-order chi connectivity index (χ0) is 19.9. The van der Waals surface area contributed by atoms with E-state index in [9.17, 15) is 24.3 Å². The van der Waals surface area contributed by atoms with E-state index in [0.717, 1.165) is 30.6 Å². The van der Waals surface area contributed by atoms with Gasteiger partial charge < -0.3 is 20.9 Å². The van der Waals surface area contributed by atoms with Gasteiger partial charge in [0.2, 0.25) is 5.91 Å². The third kappa shape index (κ3) is 3.31. The quantitative estimate of drug-likeness (QED) is 0.632. The number of hydrogen-bond donors (Lipinski definition) is 3. The summed E-state index contributed by atoms with van der Waals surface area (Å²) in [5.41, 5.74) is 5.85. The molecule has 1 aromatic heterocycles. The summed E-state index contributed by atoms with van der Waals surface area (Å²) in [6.45, 7) is 3.41. The monoisotopic (exact) mass is 394 g/mol. The number of primary amides is 1. The fourth-order valence-electron chi connectivity index (χ4n) is 4.51. The molecular weight excluding hydrogens is 372 g/mol. The van der Waals surface area contributed by atoms with Crippen LogP contribution in [0.5, 0.6) is 0 Å². The number of thiophene rings is 1. The van der Waals surface area contributed by atoms with Crippen LogP contribution < -0.4 is 11.1 Å². The van der Waals surface area contributed by atoms with Gasteiger partial charge in [0.15, 0.2) is 0 Å². The van der Waals surface area contributed by atoms with Crippen molar-refractivity contribution in [2.45, 2.75) is 33.1 Å². The zero-order valence-electron chi connectivity index (χ0n) is 15.1. The molecule has 2 saturated carbocycles. The summed E-state index contributed by atoms with van der Waals surface area (Å²) in [7, 11) is 0. The van der Waals surface area contributed by atoms with Gasteiger partial charge in [0, 0.05) is 0 Å². The highest BCUT2D eigenvalue weighted by molar-refractivity contribution is 7.18. The number of hydrogen-bond acceptors (Lipinski definition) is 6. The number of carboxylic acid groups (broad SMARTS) is 1. The number of carbonyl (C=O) groups excluding carboxylic acids is 3. The first kappa shape index (κ1) is 19.3. The van der Waals surface area contributed by atoms with Crippen molar-refractivity contribution in [3.63, 3.8) is 0 Å². The molecule has 0 unspecified atom stereocenters. The molecule has 146 valence electrons. The molecule has 0 spiro atoms. The molecule has 8 nitrogen and oxygen atoms in total. The summed E-state index contributed by atoms with van der Waals surface area (Å²) < 4.78 is 4.98. The predicted octanol–water partition coefficient (Wildman–Crippen LogP) is 2.02.